The predicted molar refractivity (Wildman–Crippen MR) is 94.5 cm³/mol. The van der Waals surface area contributed by atoms with Crippen LogP contribution in [0.3, 0.4) is 0 Å². The molecular weight excluding hydrogens is 316 g/mol. The average molecular weight is 336 g/mol. The van der Waals surface area contributed by atoms with Gasteiger partial charge in [0.25, 0.3) is 5.91 Å². The van der Waals surface area contributed by atoms with Crippen molar-refractivity contribution >= 4 is 11.7 Å². The van der Waals surface area contributed by atoms with Crippen molar-refractivity contribution in [2.75, 3.05) is 11.9 Å². The fourth-order valence-corrected chi connectivity index (χ4v) is 3.11. The molecule has 128 valence electrons. The number of aryl methyl sites for hydroxylation is 1. The molecule has 7 heteroatoms. The zero-order valence-corrected chi connectivity index (χ0v) is 14.0. The van der Waals surface area contributed by atoms with Gasteiger partial charge in [-0.1, -0.05) is 30.3 Å². The van der Waals surface area contributed by atoms with Gasteiger partial charge >= 0.3 is 0 Å². The van der Waals surface area contributed by atoms with Crippen LogP contribution >= 0.6 is 0 Å². The highest BCUT2D eigenvalue weighted by atomic mass is 16.2. The van der Waals surface area contributed by atoms with E-state index in [0.29, 0.717) is 24.6 Å². The van der Waals surface area contributed by atoms with E-state index < -0.39 is 0 Å². The lowest BCUT2D eigenvalue weighted by atomic mass is 10.1. The molecule has 1 aromatic carbocycles. The molecule has 1 amide bonds. The number of fused-ring (bicyclic) bond motifs is 1. The zero-order chi connectivity index (χ0) is 17.2. The average Bonchev–Trinajstić information content (AvgIpc) is 3.19. The number of benzene rings is 1. The van der Waals surface area contributed by atoms with Crippen molar-refractivity contribution in [1.82, 2.24) is 25.3 Å². The summed E-state index contributed by atoms with van der Waals surface area (Å²) in [7, 11) is 0. The predicted octanol–water partition coefficient (Wildman–Crippen LogP) is 1.86. The van der Waals surface area contributed by atoms with Crippen molar-refractivity contribution < 1.29 is 4.79 Å². The normalized spacial score (nSPS) is 13.5. The number of hydrogen-bond donors (Lipinski definition) is 3. The Morgan fingerprint density at radius 3 is 3.00 bits per heavy atom. The quantitative estimate of drug-likeness (QED) is 0.679. The SMILES string of the molecule is Cc1cc(NC(=O)c2n[nH]c3c2CNCC3)n(Cc2ccccc2)n1. The Labute approximate surface area is 145 Å². The number of aromatic amines is 1. The van der Waals surface area contributed by atoms with Crippen molar-refractivity contribution in [2.45, 2.75) is 26.4 Å². The lowest BCUT2D eigenvalue weighted by Gasteiger charge is -2.13. The van der Waals surface area contributed by atoms with Crippen LogP contribution in [0.1, 0.15) is 33.0 Å². The third-order valence-electron chi connectivity index (χ3n) is 4.34. The highest BCUT2D eigenvalue weighted by Crippen LogP contribution is 2.18. The van der Waals surface area contributed by atoms with Crippen LogP contribution in [0, 0.1) is 6.92 Å². The first kappa shape index (κ1) is 15.6. The molecule has 4 rings (SSSR count). The fraction of sp³-hybridized carbons (Fsp3) is 0.278. The van der Waals surface area contributed by atoms with E-state index in [1.807, 2.05) is 43.3 Å². The van der Waals surface area contributed by atoms with E-state index in [0.717, 1.165) is 35.5 Å². The molecule has 0 aliphatic carbocycles. The monoisotopic (exact) mass is 336 g/mol. The first-order valence-electron chi connectivity index (χ1n) is 8.37. The van der Waals surface area contributed by atoms with Crippen molar-refractivity contribution in [3.63, 3.8) is 0 Å². The van der Waals surface area contributed by atoms with Gasteiger partial charge in [-0.15, -0.1) is 0 Å². The molecule has 0 saturated carbocycles. The van der Waals surface area contributed by atoms with Crippen LogP contribution in [0.5, 0.6) is 0 Å². The molecule has 0 radical (unpaired) electrons. The highest BCUT2D eigenvalue weighted by Gasteiger charge is 2.22. The van der Waals surface area contributed by atoms with Gasteiger partial charge in [0.15, 0.2) is 5.69 Å². The van der Waals surface area contributed by atoms with E-state index >= 15 is 0 Å². The van der Waals surface area contributed by atoms with Crippen LogP contribution in [0.25, 0.3) is 0 Å². The molecule has 2 aromatic heterocycles. The maximum Gasteiger partial charge on any atom is 0.277 e. The van der Waals surface area contributed by atoms with Crippen LogP contribution < -0.4 is 10.6 Å². The molecule has 3 N–H and O–H groups in total. The number of carbonyl (C=O) groups excluding carboxylic acids is 1. The Morgan fingerprint density at radius 1 is 1.32 bits per heavy atom. The van der Waals surface area contributed by atoms with E-state index in [9.17, 15) is 4.79 Å². The number of H-pyrrole nitrogens is 1. The van der Waals surface area contributed by atoms with Gasteiger partial charge in [-0.25, -0.2) is 4.68 Å². The summed E-state index contributed by atoms with van der Waals surface area (Å²) in [5.74, 6) is 0.460. The molecule has 0 spiro atoms. The van der Waals surface area contributed by atoms with Crippen molar-refractivity contribution in [3.05, 3.63) is 64.6 Å². The fourth-order valence-electron chi connectivity index (χ4n) is 3.11. The van der Waals surface area contributed by atoms with Gasteiger partial charge in [-0.05, 0) is 12.5 Å². The van der Waals surface area contributed by atoms with Crippen molar-refractivity contribution in [2.24, 2.45) is 0 Å². The Morgan fingerprint density at radius 2 is 2.16 bits per heavy atom. The Kier molecular flexibility index (Phi) is 4.07. The van der Waals surface area contributed by atoms with Crippen molar-refractivity contribution in [1.29, 1.82) is 0 Å². The van der Waals surface area contributed by atoms with E-state index in [-0.39, 0.29) is 5.91 Å². The number of aromatic nitrogens is 4. The van der Waals surface area contributed by atoms with Crippen LogP contribution in [-0.2, 0) is 19.5 Å². The largest absolute Gasteiger partial charge is 0.312 e. The van der Waals surface area contributed by atoms with Crippen LogP contribution in [0.2, 0.25) is 0 Å². The van der Waals surface area contributed by atoms with Crippen LogP contribution in [0.15, 0.2) is 36.4 Å². The maximum absolute atomic E-state index is 12.7. The number of nitrogens with one attached hydrogen (secondary N) is 3. The first-order valence-corrected chi connectivity index (χ1v) is 8.37. The smallest absolute Gasteiger partial charge is 0.277 e. The zero-order valence-electron chi connectivity index (χ0n) is 14.0. The lowest BCUT2D eigenvalue weighted by Crippen LogP contribution is -2.25. The second-order valence-corrected chi connectivity index (χ2v) is 6.22. The third-order valence-corrected chi connectivity index (χ3v) is 4.34. The summed E-state index contributed by atoms with van der Waals surface area (Å²) in [6, 6.07) is 11.9. The van der Waals surface area contributed by atoms with Gasteiger partial charge < -0.3 is 10.6 Å². The van der Waals surface area contributed by atoms with E-state index in [1.54, 1.807) is 4.68 Å². The summed E-state index contributed by atoms with van der Waals surface area (Å²) in [5, 5.41) is 17.9. The van der Waals surface area contributed by atoms with Crippen LogP contribution in [-0.4, -0.2) is 32.4 Å². The molecule has 1 aliphatic heterocycles. The molecule has 0 saturated heterocycles. The number of rotatable bonds is 4. The molecule has 25 heavy (non-hydrogen) atoms. The second-order valence-electron chi connectivity index (χ2n) is 6.22. The molecule has 0 fully saturated rings. The molecule has 3 heterocycles. The number of anilines is 1. The third kappa shape index (κ3) is 3.18. The van der Waals surface area contributed by atoms with Crippen molar-refractivity contribution in [3.8, 4) is 0 Å². The molecule has 7 nitrogen and oxygen atoms in total. The molecule has 0 unspecified atom stereocenters. The summed E-state index contributed by atoms with van der Waals surface area (Å²) in [6.07, 6.45) is 0.862. The van der Waals surface area contributed by atoms with Gasteiger partial charge in [0.2, 0.25) is 0 Å². The number of amides is 1. The second kappa shape index (κ2) is 6.52. The summed E-state index contributed by atoms with van der Waals surface area (Å²) >= 11 is 0. The van der Waals surface area contributed by atoms with Gasteiger partial charge in [-0.3, -0.25) is 9.89 Å². The van der Waals surface area contributed by atoms with E-state index in [2.05, 4.69) is 25.9 Å². The Bertz CT molecular complexity index is 896. The molecule has 0 atom stereocenters. The molecule has 1 aliphatic rings. The maximum atomic E-state index is 12.7. The highest BCUT2D eigenvalue weighted by molar-refractivity contribution is 6.03. The van der Waals surface area contributed by atoms with Gasteiger partial charge in [0.05, 0.1) is 12.2 Å². The first-order chi connectivity index (χ1) is 12.2. The standard InChI is InChI=1S/C18H20N6O/c1-12-9-16(24(23-12)11-13-5-3-2-4-6-13)20-18(25)17-14-10-19-8-7-15(14)21-22-17/h2-6,9,19H,7-8,10-11H2,1H3,(H,20,25)(H,21,22). The summed E-state index contributed by atoms with van der Waals surface area (Å²) < 4.78 is 1.81. The molecular formula is C18H20N6O. The van der Waals surface area contributed by atoms with E-state index in [4.69, 9.17) is 0 Å². The Balaban J connectivity index is 1.56. The summed E-state index contributed by atoms with van der Waals surface area (Å²) in [5.41, 5.74) is 4.43. The topological polar surface area (TPSA) is 87.6 Å². The molecule has 0 bridgehead atoms. The lowest BCUT2D eigenvalue weighted by molar-refractivity contribution is 0.102. The Hall–Kier alpha value is -2.93. The number of nitrogens with zero attached hydrogens (tertiary/aromatic N) is 3. The van der Waals surface area contributed by atoms with Gasteiger partial charge in [0, 0.05) is 36.8 Å². The minimum absolute atomic E-state index is 0.213. The minimum atomic E-state index is -0.213. The molecule has 3 aromatic rings. The van der Waals surface area contributed by atoms with E-state index in [1.165, 1.54) is 0 Å². The number of carbonyl (C=O) groups is 1. The van der Waals surface area contributed by atoms with Gasteiger partial charge in [0.1, 0.15) is 5.82 Å². The van der Waals surface area contributed by atoms with Gasteiger partial charge in [-0.2, -0.15) is 10.2 Å². The summed E-state index contributed by atoms with van der Waals surface area (Å²) in [4.78, 5) is 12.7. The number of hydrogen-bond acceptors (Lipinski definition) is 4. The summed E-state index contributed by atoms with van der Waals surface area (Å²) in [6.45, 7) is 4.08. The minimum Gasteiger partial charge on any atom is -0.312 e. The van der Waals surface area contributed by atoms with Crippen LogP contribution in [0.4, 0.5) is 5.82 Å².